The normalized spacial score (nSPS) is 20.0. The summed E-state index contributed by atoms with van der Waals surface area (Å²) in [5.41, 5.74) is 0.239. The summed E-state index contributed by atoms with van der Waals surface area (Å²) >= 11 is 0. The third-order valence-corrected chi connectivity index (χ3v) is 5.46. The molecule has 0 bridgehead atoms. The van der Waals surface area contributed by atoms with Crippen LogP contribution in [-0.2, 0) is 15.8 Å². The monoisotopic (exact) mass is 336 g/mol. The van der Waals surface area contributed by atoms with Crippen LogP contribution in [0.2, 0.25) is 0 Å². The number of benzene rings is 1. The lowest BCUT2D eigenvalue weighted by molar-refractivity contribution is 0.263. The summed E-state index contributed by atoms with van der Waals surface area (Å²) in [5.74, 6) is -0.379. The number of nitrogens with one attached hydrogen (secondary N) is 1. The number of sulfonamides is 1. The Labute approximate surface area is 132 Å². The fraction of sp³-hybridized carbons (Fsp3) is 0.571. The van der Waals surface area contributed by atoms with E-state index in [1.165, 1.54) is 16.4 Å². The van der Waals surface area contributed by atoms with E-state index in [4.69, 9.17) is 0 Å². The average molecular weight is 337 g/mol. The van der Waals surface area contributed by atoms with E-state index in [1.54, 1.807) is 12.1 Å². The van der Waals surface area contributed by atoms with Crippen LogP contribution >= 0.6 is 12.4 Å². The molecule has 4 nitrogen and oxygen atoms in total. The number of piperidine rings is 1. The van der Waals surface area contributed by atoms with Gasteiger partial charge in [0.25, 0.3) is 0 Å². The largest absolute Gasteiger partial charge is 0.319 e. The van der Waals surface area contributed by atoms with E-state index in [2.05, 4.69) is 5.32 Å². The summed E-state index contributed by atoms with van der Waals surface area (Å²) in [7, 11) is -1.58. The first kappa shape index (κ1) is 18.4. The fourth-order valence-electron chi connectivity index (χ4n) is 2.64. The maximum atomic E-state index is 13.6. The summed E-state index contributed by atoms with van der Waals surface area (Å²) in [4.78, 5) is 0. The summed E-state index contributed by atoms with van der Waals surface area (Å²) in [6.45, 7) is 1.88. The minimum absolute atomic E-state index is 0. The summed E-state index contributed by atoms with van der Waals surface area (Å²) in [6, 6.07) is 6.05. The molecule has 1 aromatic rings. The van der Waals surface area contributed by atoms with Crippen molar-refractivity contribution in [2.24, 2.45) is 5.92 Å². The van der Waals surface area contributed by atoms with Crippen molar-refractivity contribution < 1.29 is 12.8 Å². The van der Waals surface area contributed by atoms with Crippen molar-refractivity contribution >= 4 is 22.4 Å². The molecule has 120 valence electrons. The topological polar surface area (TPSA) is 49.4 Å². The summed E-state index contributed by atoms with van der Waals surface area (Å²) < 4.78 is 39.9. The van der Waals surface area contributed by atoms with Crippen LogP contribution in [-0.4, -0.2) is 39.4 Å². The van der Waals surface area contributed by atoms with Crippen LogP contribution in [0, 0.1) is 11.7 Å². The predicted octanol–water partition coefficient (Wildman–Crippen LogP) is 2.01. The zero-order valence-electron chi connectivity index (χ0n) is 12.1. The Morgan fingerprint density at radius 2 is 2.10 bits per heavy atom. The second kappa shape index (κ2) is 8.08. The van der Waals surface area contributed by atoms with Gasteiger partial charge in [0, 0.05) is 18.7 Å². The minimum Gasteiger partial charge on any atom is -0.319 e. The first-order valence-electron chi connectivity index (χ1n) is 6.89. The molecule has 1 aliphatic rings. The smallest absolute Gasteiger partial charge is 0.218 e. The lowest BCUT2D eigenvalue weighted by Gasteiger charge is -2.31. The molecule has 0 aromatic heterocycles. The van der Waals surface area contributed by atoms with E-state index in [0.29, 0.717) is 19.0 Å². The van der Waals surface area contributed by atoms with Crippen LogP contribution in [0.1, 0.15) is 18.4 Å². The Bertz CT molecular complexity index is 552. The molecule has 1 saturated heterocycles. The van der Waals surface area contributed by atoms with Crippen LogP contribution in [0.15, 0.2) is 24.3 Å². The van der Waals surface area contributed by atoms with E-state index < -0.39 is 15.8 Å². The van der Waals surface area contributed by atoms with Crippen molar-refractivity contribution in [2.45, 2.75) is 18.6 Å². The second-order valence-electron chi connectivity index (χ2n) is 5.27. The Morgan fingerprint density at radius 3 is 2.76 bits per heavy atom. The highest BCUT2D eigenvalue weighted by atomic mass is 35.5. The maximum absolute atomic E-state index is 13.6. The molecule has 0 saturated carbocycles. The number of nitrogens with zero attached hydrogens (tertiary/aromatic N) is 1. The van der Waals surface area contributed by atoms with Gasteiger partial charge in [-0.15, -0.1) is 12.4 Å². The van der Waals surface area contributed by atoms with Crippen molar-refractivity contribution in [3.8, 4) is 0 Å². The molecular weight excluding hydrogens is 315 g/mol. The number of halogens is 2. The van der Waals surface area contributed by atoms with Gasteiger partial charge in [-0.2, -0.15) is 0 Å². The Morgan fingerprint density at radius 1 is 1.38 bits per heavy atom. The van der Waals surface area contributed by atoms with Gasteiger partial charge in [0.15, 0.2) is 0 Å². The van der Waals surface area contributed by atoms with E-state index in [1.807, 2.05) is 7.05 Å². The van der Waals surface area contributed by atoms with Crippen molar-refractivity contribution in [3.63, 3.8) is 0 Å². The third-order valence-electron chi connectivity index (χ3n) is 3.66. The Kier molecular flexibility index (Phi) is 7.06. The molecule has 0 amide bonds. The van der Waals surface area contributed by atoms with Gasteiger partial charge >= 0.3 is 0 Å². The number of hydrogen-bond donors (Lipinski definition) is 1. The molecule has 1 unspecified atom stereocenters. The third kappa shape index (κ3) is 4.92. The Hall–Kier alpha value is -0.690. The van der Waals surface area contributed by atoms with E-state index in [9.17, 15) is 12.8 Å². The molecule has 1 aliphatic heterocycles. The van der Waals surface area contributed by atoms with Crippen molar-refractivity contribution in [2.75, 3.05) is 26.7 Å². The van der Waals surface area contributed by atoms with Crippen molar-refractivity contribution in [3.05, 3.63) is 35.6 Å². The molecule has 2 rings (SSSR count). The van der Waals surface area contributed by atoms with Gasteiger partial charge in [0.2, 0.25) is 10.0 Å². The molecule has 1 aromatic carbocycles. The van der Waals surface area contributed by atoms with E-state index in [0.717, 1.165) is 19.4 Å². The molecule has 0 radical (unpaired) electrons. The van der Waals surface area contributed by atoms with Crippen LogP contribution in [0.3, 0.4) is 0 Å². The van der Waals surface area contributed by atoms with Gasteiger partial charge in [-0.25, -0.2) is 17.1 Å². The average Bonchev–Trinajstić information content (AvgIpc) is 2.42. The van der Waals surface area contributed by atoms with Gasteiger partial charge in [-0.05, 0) is 38.4 Å². The van der Waals surface area contributed by atoms with Gasteiger partial charge in [-0.1, -0.05) is 18.2 Å². The van der Waals surface area contributed by atoms with E-state index >= 15 is 0 Å². The standard InChI is InChI=1S/C14H21FN2O2S.ClH/c1-16-9-12-5-4-8-17(10-12)20(18,19)11-13-6-2-3-7-14(13)15;/h2-3,6-7,12,16H,4-5,8-11H2,1H3;1H. The molecule has 0 aliphatic carbocycles. The molecule has 1 atom stereocenters. The molecule has 0 spiro atoms. The van der Waals surface area contributed by atoms with Crippen molar-refractivity contribution in [1.29, 1.82) is 0 Å². The molecule has 7 heteroatoms. The van der Waals surface area contributed by atoms with Gasteiger partial charge in [0.05, 0.1) is 5.75 Å². The second-order valence-corrected chi connectivity index (χ2v) is 7.24. The SMILES string of the molecule is CNCC1CCCN(S(=O)(=O)Cc2ccccc2F)C1.Cl. The van der Waals surface area contributed by atoms with Crippen molar-refractivity contribution in [1.82, 2.24) is 9.62 Å². The van der Waals surface area contributed by atoms with E-state index in [-0.39, 0.29) is 23.7 Å². The predicted molar refractivity (Wildman–Crippen MR) is 84.5 cm³/mol. The highest BCUT2D eigenvalue weighted by Crippen LogP contribution is 2.21. The van der Waals surface area contributed by atoms with Crippen LogP contribution in [0.4, 0.5) is 4.39 Å². The fourth-order valence-corrected chi connectivity index (χ4v) is 4.29. The highest BCUT2D eigenvalue weighted by Gasteiger charge is 2.29. The first-order chi connectivity index (χ1) is 9.53. The lowest BCUT2D eigenvalue weighted by Crippen LogP contribution is -2.42. The zero-order valence-corrected chi connectivity index (χ0v) is 13.7. The summed E-state index contributed by atoms with van der Waals surface area (Å²) in [6.07, 6.45) is 1.90. The number of rotatable bonds is 5. The zero-order chi connectivity index (χ0) is 14.6. The molecule has 1 heterocycles. The van der Waals surface area contributed by atoms with Crippen LogP contribution in [0.5, 0.6) is 0 Å². The molecule has 21 heavy (non-hydrogen) atoms. The highest BCUT2D eigenvalue weighted by molar-refractivity contribution is 7.88. The summed E-state index contributed by atoms with van der Waals surface area (Å²) in [5, 5.41) is 3.09. The van der Waals surface area contributed by atoms with Gasteiger partial charge in [0.1, 0.15) is 5.82 Å². The molecule has 1 fully saturated rings. The van der Waals surface area contributed by atoms with Crippen LogP contribution < -0.4 is 5.32 Å². The van der Waals surface area contributed by atoms with Crippen LogP contribution in [0.25, 0.3) is 0 Å². The lowest BCUT2D eigenvalue weighted by atomic mass is 10.00. The minimum atomic E-state index is -3.44. The first-order valence-corrected chi connectivity index (χ1v) is 8.49. The van der Waals surface area contributed by atoms with Gasteiger partial charge < -0.3 is 5.32 Å². The quantitative estimate of drug-likeness (QED) is 0.894. The number of hydrogen-bond acceptors (Lipinski definition) is 3. The maximum Gasteiger partial charge on any atom is 0.218 e. The molecular formula is C14H22ClFN2O2S. The van der Waals surface area contributed by atoms with Gasteiger partial charge in [-0.3, -0.25) is 0 Å². The Balaban J connectivity index is 0.00000220. The molecule has 1 N–H and O–H groups in total.